The van der Waals surface area contributed by atoms with Crippen LogP contribution in [0.15, 0.2) is 60.8 Å². The molecule has 0 radical (unpaired) electrons. The van der Waals surface area contributed by atoms with Crippen molar-refractivity contribution in [1.82, 2.24) is 0 Å². The summed E-state index contributed by atoms with van der Waals surface area (Å²) in [5.41, 5.74) is 0. The summed E-state index contributed by atoms with van der Waals surface area (Å²) in [5.74, 6) is -0.893. The Morgan fingerprint density at radius 2 is 0.542 bits per heavy atom. The Morgan fingerprint density at radius 3 is 0.847 bits per heavy atom. The van der Waals surface area contributed by atoms with Gasteiger partial charge in [0.1, 0.15) is 13.2 Å². The van der Waals surface area contributed by atoms with Crippen molar-refractivity contribution in [3.05, 3.63) is 60.8 Å². The van der Waals surface area contributed by atoms with E-state index >= 15 is 0 Å². The Balaban J connectivity index is 4.39. The summed E-state index contributed by atoms with van der Waals surface area (Å²) < 4.78 is 16.9. The number of hydrogen-bond donors (Lipinski definition) is 0. The third-order valence-corrected chi connectivity index (χ3v) is 13.8. The van der Waals surface area contributed by atoms with E-state index in [9.17, 15) is 14.4 Å². The molecule has 0 saturated heterocycles. The molecule has 6 heteroatoms. The topological polar surface area (TPSA) is 78.9 Å². The number of hydrogen-bond acceptors (Lipinski definition) is 6. The highest BCUT2D eigenvalue weighted by Gasteiger charge is 2.19. The van der Waals surface area contributed by atoms with Gasteiger partial charge < -0.3 is 14.2 Å². The third kappa shape index (κ3) is 58.0. The molecule has 0 aliphatic carbocycles. The molecular weight excluding hydrogens is 889 g/mol. The summed E-state index contributed by atoms with van der Waals surface area (Å²) in [6.07, 6.45) is 76.5. The predicted molar refractivity (Wildman–Crippen MR) is 312 cm³/mol. The maximum atomic E-state index is 12.9. The minimum Gasteiger partial charge on any atom is -0.462 e. The van der Waals surface area contributed by atoms with E-state index in [1.807, 2.05) is 0 Å². The number of carbonyl (C=O) groups excluding carboxylic acids is 3. The van der Waals surface area contributed by atoms with E-state index < -0.39 is 6.10 Å². The van der Waals surface area contributed by atoms with Crippen LogP contribution in [0.25, 0.3) is 0 Å². The molecule has 0 aromatic heterocycles. The second-order valence-electron chi connectivity index (χ2n) is 21.0. The van der Waals surface area contributed by atoms with E-state index in [0.29, 0.717) is 19.3 Å². The molecule has 0 N–H and O–H groups in total. The van der Waals surface area contributed by atoms with Crippen molar-refractivity contribution in [1.29, 1.82) is 0 Å². The van der Waals surface area contributed by atoms with E-state index in [1.165, 1.54) is 186 Å². The average Bonchev–Trinajstić information content (AvgIpc) is 3.38. The van der Waals surface area contributed by atoms with Crippen LogP contribution in [-0.2, 0) is 28.6 Å². The quantitative estimate of drug-likeness (QED) is 0.0261. The van der Waals surface area contributed by atoms with Crippen molar-refractivity contribution in [3.8, 4) is 0 Å². The number of unbranched alkanes of at least 4 members (excludes halogenated alkanes) is 36. The molecule has 72 heavy (non-hydrogen) atoms. The summed E-state index contributed by atoms with van der Waals surface area (Å²) >= 11 is 0. The van der Waals surface area contributed by atoms with Gasteiger partial charge in [-0.15, -0.1) is 0 Å². The minimum absolute atomic E-state index is 0.0802. The van der Waals surface area contributed by atoms with Crippen LogP contribution in [0.1, 0.15) is 323 Å². The van der Waals surface area contributed by atoms with Crippen LogP contribution in [0.2, 0.25) is 0 Å². The summed E-state index contributed by atoms with van der Waals surface area (Å²) in [7, 11) is 0. The zero-order valence-electron chi connectivity index (χ0n) is 47.9. The fraction of sp³-hybridized carbons (Fsp3) is 0.803. The molecule has 0 saturated carbocycles. The van der Waals surface area contributed by atoms with Crippen LogP contribution in [0.4, 0.5) is 0 Å². The fourth-order valence-electron chi connectivity index (χ4n) is 9.12. The van der Waals surface area contributed by atoms with E-state index in [4.69, 9.17) is 14.2 Å². The van der Waals surface area contributed by atoms with Crippen LogP contribution in [0.3, 0.4) is 0 Å². The largest absolute Gasteiger partial charge is 0.462 e. The number of ether oxygens (including phenoxy) is 3. The molecule has 0 bridgehead atoms. The predicted octanol–water partition coefficient (Wildman–Crippen LogP) is 21.2. The molecular formula is C66H118O6. The third-order valence-electron chi connectivity index (χ3n) is 13.8. The normalized spacial score (nSPS) is 12.4. The van der Waals surface area contributed by atoms with Gasteiger partial charge in [-0.3, -0.25) is 14.4 Å². The van der Waals surface area contributed by atoms with Gasteiger partial charge in [0, 0.05) is 19.3 Å². The lowest BCUT2D eigenvalue weighted by Gasteiger charge is -2.18. The molecule has 0 aromatic rings. The van der Waals surface area contributed by atoms with E-state index in [1.54, 1.807) is 0 Å². The molecule has 0 heterocycles. The van der Waals surface area contributed by atoms with Crippen molar-refractivity contribution in [3.63, 3.8) is 0 Å². The molecule has 418 valence electrons. The lowest BCUT2D eigenvalue weighted by atomic mass is 10.0. The first kappa shape index (κ1) is 69.1. The van der Waals surface area contributed by atoms with Gasteiger partial charge in [-0.2, -0.15) is 0 Å². The van der Waals surface area contributed by atoms with Gasteiger partial charge in [-0.25, -0.2) is 0 Å². The Bertz CT molecular complexity index is 1290. The van der Waals surface area contributed by atoms with E-state index in [0.717, 1.165) is 96.3 Å². The highest BCUT2D eigenvalue weighted by atomic mass is 16.6. The second kappa shape index (κ2) is 60.7. The van der Waals surface area contributed by atoms with Crippen LogP contribution >= 0.6 is 0 Å². The molecule has 0 aliphatic rings. The van der Waals surface area contributed by atoms with Crippen molar-refractivity contribution in [2.45, 2.75) is 329 Å². The van der Waals surface area contributed by atoms with E-state index in [-0.39, 0.29) is 31.1 Å². The number of rotatable bonds is 57. The highest BCUT2D eigenvalue weighted by molar-refractivity contribution is 5.71. The van der Waals surface area contributed by atoms with Gasteiger partial charge in [0.05, 0.1) is 0 Å². The van der Waals surface area contributed by atoms with Crippen LogP contribution < -0.4 is 0 Å². The lowest BCUT2D eigenvalue weighted by molar-refractivity contribution is -0.167. The minimum atomic E-state index is -0.785. The van der Waals surface area contributed by atoms with Gasteiger partial charge in [0.15, 0.2) is 6.10 Å². The molecule has 0 aliphatic heterocycles. The highest BCUT2D eigenvalue weighted by Crippen LogP contribution is 2.17. The summed E-state index contributed by atoms with van der Waals surface area (Å²) in [4.78, 5) is 38.3. The van der Waals surface area contributed by atoms with Crippen LogP contribution in [0, 0.1) is 0 Å². The van der Waals surface area contributed by atoms with Crippen LogP contribution in [-0.4, -0.2) is 37.2 Å². The maximum Gasteiger partial charge on any atom is 0.306 e. The van der Waals surface area contributed by atoms with Crippen molar-refractivity contribution in [2.75, 3.05) is 13.2 Å². The van der Waals surface area contributed by atoms with Gasteiger partial charge >= 0.3 is 17.9 Å². The fourth-order valence-corrected chi connectivity index (χ4v) is 9.12. The summed E-state index contributed by atoms with van der Waals surface area (Å²) in [6.45, 7) is 6.55. The summed E-state index contributed by atoms with van der Waals surface area (Å²) in [6, 6.07) is 0. The van der Waals surface area contributed by atoms with Gasteiger partial charge in [0.25, 0.3) is 0 Å². The monoisotopic (exact) mass is 1010 g/mol. The number of allylic oxidation sites excluding steroid dienone is 10. The molecule has 0 spiro atoms. The van der Waals surface area contributed by atoms with Gasteiger partial charge in [-0.05, 0) is 64.2 Å². The molecule has 0 rings (SSSR count). The average molecular weight is 1010 g/mol. The van der Waals surface area contributed by atoms with Crippen molar-refractivity contribution in [2.24, 2.45) is 0 Å². The molecule has 0 fully saturated rings. The first-order valence-corrected chi connectivity index (χ1v) is 31.3. The number of esters is 3. The zero-order chi connectivity index (χ0) is 52.2. The van der Waals surface area contributed by atoms with Gasteiger partial charge in [0.2, 0.25) is 0 Å². The zero-order valence-corrected chi connectivity index (χ0v) is 47.9. The second-order valence-corrected chi connectivity index (χ2v) is 21.0. The first-order chi connectivity index (χ1) is 35.5. The summed E-state index contributed by atoms with van der Waals surface area (Å²) in [5, 5.41) is 0. The molecule has 6 nitrogen and oxygen atoms in total. The first-order valence-electron chi connectivity index (χ1n) is 31.3. The van der Waals surface area contributed by atoms with Gasteiger partial charge in [-0.1, -0.05) is 300 Å². The Morgan fingerprint density at radius 1 is 0.292 bits per heavy atom. The Labute approximate surface area is 447 Å². The molecule has 0 amide bonds. The SMILES string of the molecule is CC/C=C\C/C=C\C/C=C\C/C=C\C/C=C\CCCCCC(=O)OC[C@@H](COC(=O)CCCCCCCCCCCCCCCCCC)OC(=O)CCCCCCCCCCCCCCCCCCCCC. The lowest BCUT2D eigenvalue weighted by Crippen LogP contribution is -2.30. The number of carbonyl (C=O) groups is 3. The maximum absolute atomic E-state index is 12.9. The van der Waals surface area contributed by atoms with E-state index in [2.05, 4.69) is 81.5 Å². The molecule has 1 atom stereocenters. The van der Waals surface area contributed by atoms with Crippen molar-refractivity contribution < 1.29 is 28.6 Å². The smallest absolute Gasteiger partial charge is 0.306 e. The molecule has 0 unspecified atom stereocenters. The van der Waals surface area contributed by atoms with Crippen molar-refractivity contribution >= 4 is 17.9 Å². The van der Waals surface area contributed by atoms with Crippen LogP contribution in [0.5, 0.6) is 0 Å². The Hall–Kier alpha value is -2.89. The Kier molecular flexibility index (Phi) is 58.2. The standard InChI is InChI=1S/C66H118O6/c1-4-7-10-13-16-19-22-25-28-31-33-35-38-41-44-47-50-53-56-59-65(68)71-62-63(61-70-64(67)58-55-52-49-46-43-40-37-30-27-24-21-18-15-12-9-6-3)72-66(69)60-57-54-51-48-45-42-39-36-34-32-29-26-23-20-17-14-11-8-5-2/h7,10,16,19,25,28,33,35,41,44,63H,4-6,8-9,11-15,17-18,20-24,26-27,29-32,34,36-40,42-43,45-62H2,1-3H3/b10-7-,19-16-,28-25-,35-33-,44-41-/t63-/m1/s1. The molecule has 0 aromatic carbocycles.